The molecule has 2 heterocycles. The second-order valence-corrected chi connectivity index (χ2v) is 9.22. The molecule has 2 aromatic carbocycles. The molecular weight excluding hydrogens is 470 g/mol. The molecule has 1 aliphatic rings. The monoisotopic (exact) mass is 493 g/mol. The summed E-state index contributed by atoms with van der Waals surface area (Å²) in [5.41, 5.74) is 4.97. The third-order valence-corrected chi connectivity index (χ3v) is 6.74. The maximum absolute atomic E-state index is 12.9. The summed E-state index contributed by atoms with van der Waals surface area (Å²) in [7, 11) is 1.72. The number of esters is 1. The van der Waals surface area contributed by atoms with E-state index in [1.54, 1.807) is 37.1 Å². The Morgan fingerprint density at radius 2 is 1.88 bits per heavy atom. The number of aliphatic imine (C=N–C) groups is 1. The van der Waals surface area contributed by atoms with Gasteiger partial charge in [0.2, 0.25) is 0 Å². The predicted octanol–water partition coefficient (Wildman–Crippen LogP) is 6.16. The number of rotatable bonds is 5. The van der Waals surface area contributed by atoms with Crippen LogP contribution in [0, 0.1) is 13.8 Å². The summed E-state index contributed by atoms with van der Waals surface area (Å²) in [6, 6.07) is 16.5. The molecule has 0 radical (unpaired) electrons. The number of halogens is 1. The van der Waals surface area contributed by atoms with Crippen LogP contribution in [0.15, 0.2) is 64.5 Å². The van der Waals surface area contributed by atoms with Crippen molar-refractivity contribution in [3.8, 4) is 5.69 Å². The zero-order valence-corrected chi connectivity index (χ0v) is 20.9. The number of thioether (sulfide) groups is 1. The molecule has 0 unspecified atom stereocenters. The number of hydrogen-bond acceptors (Lipinski definition) is 5. The van der Waals surface area contributed by atoms with Crippen LogP contribution in [-0.2, 0) is 9.53 Å². The lowest BCUT2D eigenvalue weighted by Crippen LogP contribution is -2.23. The van der Waals surface area contributed by atoms with E-state index in [4.69, 9.17) is 16.3 Å². The van der Waals surface area contributed by atoms with E-state index in [2.05, 4.69) is 9.56 Å². The number of amidine groups is 1. The first-order valence-electron chi connectivity index (χ1n) is 10.8. The largest absolute Gasteiger partial charge is 0.462 e. The lowest BCUT2D eigenvalue weighted by molar-refractivity contribution is -0.121. The predicted molar refractivity (Wildman–Crippen MR) is 138 cm³/mol. The SMILES string of the molecule is CCOC(=O)c1cccc(-n2c(C)cc(/C=C3\SC(=Nc4ccc(Cl)cc4)N(C)C3=O)c2C)c1. The van der Waals surface area contributed by atoms with Crippen molar-refractivity contribution in [2.45, 2.75) is 20.8 Å². The van der Waals surface area contributed by atoms with Gasteiger partial charge in [-0.3, -0.25) is 9.69 Å². The quantitative estimate of drug-likeness (QED) is 0.315. The van der Waals surface area contributed by atoms with Crippen molar-refractivity contribution in [1.29, 1.82) is 0 Å². The average molecular weight is 494 g/mol. The molecule has 4 rings (SSSR count). The minimum absolute atomic E-state index is 0.105. The van der Waals surface area contributed by atoms with Crippen molar-refractivity contribution in [2.75, 3.05) is 13.7 Å². The van der Waals surface area contributed by atoms with Gasteiger partial charge in [0.1, 0.15) is 0 Å². The van der Waals surface area contributed by atoms with E-state index in [1.165, 1.54) is 11.8 Å². The number of benzene rings is 2. The van der Waals surface area contributed by atoms with E-state index in [0.717, 1.165) is 28.3 Å². The van der Waals surface area contributed by atoms with E-state index in [1.807, 2.05) is 56.3 Å². The highest BCUT2D eigenvalue weighted by Gasteiger charge is 2.30. The Morgan fingerprint density at radius 1 is 1.15 bits per heavy atom. The summed E-state index contributed by atoms with van der Waals surface area (Å²) in [4.78, 5) is 31.8. The average Bonchev–Trinajstić information content (AvgIpc) is 3.25. The molecule has 174 valence electrons. The standard InChI is InChI=1S/C26H24ClN3O3S/c1-5-33-25(32)18-7-6-8-22(14-18)30-16(2)13-19(17(30)3)15-23-24(31)29(4)26(34-23)28-21-11-9-20(27)10-12-21/h6-15H,5H2,1-4H3/b23-15-,28-26?. The van der Waals surface area contributed by atoms with Gasteiger partial charge in [0.25, 0.3) is 5.91 Å². The van der Waals surface area contributed by atoms with Crippen molar-refractivity contribution >= 4 is 52.2 Å². The molecule has 0 atom stereocenters. The number of likely N-dealkylation sites (N-methyl/N-ethyl adjacent to an activating group) is 1. The van der Waals surface area contributed by atoms with Crippen LogP contribution in [0.4, 0.5) is 5.69 Å². The Balaban J connectivity index is 1.65. The van der Waals surface area contributed by atoms with Crippen molar-refractivity contribution in [1.82, 2.24) is 9.47 Å². The van der Waals surface area contributed by atoms with Gasteiger partial charge < -0.3 is 9.30 Å². The summed E-state index contributed by atoms with van der Waals surface area (Å²) in [5, 5.41) is 1.24. The molecule has 0 saturated carbocycles. The van der Waals surface area contributed by atoms with Crippen molar-refractivity contribution < 1.29 is 14.3 Å². The Hall–Kier alpha value is -3.29. The van der Waals surface area contributed by atoms with Crippen molar-refractivity contribution in [2.24, 2.45) is 4.99 Å². The van der Waals surface area contributed by atoms with Gasteiger partial charge >= 0.3 is 5.97 Å². The molecule has 8 heteroatoms. The zero-order chi connectivity index (χ0) is 24.4. The zero-order valence-electron chi connectivity index (χ0n) is 19.3. The molecule has 3 aromatic rings. The summed E-state index contributed by atoms with van der Waals surface area (Å²) >= 11 is 7.29. The molecule has 6 nitrogen and oxygen atoms in total. The Bertz CT molecular complexity index is 1330. The topological polar surface area (TPSA) is 63.9 Å². The number of amides is 1. The second-order valence-electron chi connectivity index (χ2n) is 7.78. The number of aromatic nitrogens is 1. The van der Waals surface area contributed by atoms with Gasteiger partial charge in [-0.05, 0) is 92.7 Å². The maximum atomic E-state index is 12.9. The molecule has 34 heavy (non-hydrogen) atoms. The van der Waals surface area contributed by atoms with Crippen LogP contribution >= 0.6 is 23.4 Å². The van der Waals surface area contributed by atoms with Crippen LogP contribution in [0.3, 0.4) is 0 Å². The Kier molecular flexibility index (Phi) is 6.95. The highest BCUT2D eigenvalue weighted by molar-refractivity contribution is 8.18. The Labute approximate surface area is 207 Å². The molecule has 1 fully saturated rings. The fourth-order valence-electron chi connectivity index (χ4n) is 3.74. The van der Waals surface area contributed by atoms with Gasteiger partial charge in [-0.25, -0.2) is 9.79 Å². The van der Waals surface area contributed by atoms with Crippen LogP contribution in [0.5, 0.6) is 0 Å². The number of carbonyl (C=O) groups excluding carboxylic acids is 2. The van der Waals surface area contributed by atoms with Gasteiger partial charge in [-0.2, -0.15) is 0 Å². The molecule has 0 spiro atoms. The van der Waals surface area contributed by atoms with Gasteiger partial charge in [-0.1, -0.05) is 17.7 Å². The first-order chi connectivity index (χ1) is 16.3. The van der Waals surface area contributed by atoms with Crippen LogP contribution in [0.25, 0.3) is 11.8 Å². The maximum Gasteiger partial charge on any atom is 0.338 e. The normalized spacial score (nSPS) is 16.0. The number of ether oxygens (including phenoxy) is 1. The lowest BCUT2D eigenvalue weighted by Gasteiger charge is -2.11. The molecule has 0 bridgehead atoms. The van der Waals surface area contributed by atoms with Crippen LogP contribution in [0.2, 0.25) is 5.02 Å². The fourth-order valence-corrected chi connectivity index (χ4v) is 4.84. The third kappa shape index (κ3) is 4.81. The van der Waals surface area contributed by atoms with Crippen molar-refractivity contribution in [3.05, 3.63) is 87.0 Å². The van der Waals surface area contributed by atoms with Gasteiger partial charge in [0.05, 0.1) is 22.8 Å². The molecule has 1 aliphatic heterocycles. The first-order valence-corrected chi connectivity index (χ1v) is 12.0. The summed E-state index contributed by atoms with van der Waals surface area (Å²) in [6.45, 7) is 6.10. The number of nitrogens with zero attached hydrogens (tertiary/aromatic N) is 3. The van der Waals surface area contributed by atoms with Crippen molar-refractivity contribution in [3.63, 3.8) is 0 Å². The molecule has 1 amide bonds. The van der Waals surface area contributed by atoms with Gasteiger partial charge in [0.15, 0.2) is 5.17 Å². The smallest absolute Gasteiger partial charge is 0.338 e. The van der Waals surface area contributed by atoms with E-state index >= 15 is 0 Å². The molecule has 0 aliphatic carbocycles. The summed E-state index contributed by atoms with van der Waals surface area (Å²) < 4.78 is 7.19. The van der Waals surface area contributed by atoms with E-state index in [9.17, 15) is 9.59 Å². The molecule has 1 saturated heterocycles. The number of aryl methyl sites for hydroxylation is 1. The first kappa shape index (κ1) is 23.9. The highest BCUT2D eigenvalue weighted by atomic mass is 35.5. The third-order valence-electron chi connectivity index (χ3n) is 5.43. The molecule has 0 N–H and O–H groups in total. The van der Waals surface area contributed by atoms with E-state index in [-0.39, 0.29) is 11.9 Å². The fraction of sp³-hybridized carbons (Fsp3) is 0.192. The van der Waals surface area contributed by atoms with Gasteiger partial charge in [-0.15, -0.1) is 0 Å². The lowest BCUT2D eigenvalue weighted by atomic mass is 10.2. The molecular formula is C26H24ClN3O3S. The van der Waals surface area contributed by atoms with Crippen LogP contribution < -0.4 is 0 Å². The summed E-state index contributed by atoms with van der Waals surface area (Å²) in [6.07, 6.45) is 1.89. The highest BCUT2D eigenvalue weighted by Crippen LogP contribution is 2.34. The Morgan fingerprint density at radius 3 is 2.59 bits per heavy atom. The minimum Gasteiger partial charge on any atom is -0.462 e. The van der Waals surface area contributed by atoms with Crippen LogP contribution in [-0.4, -0.2) is 40.2 Å². The molecule has 1 aromatic heterocycles. The number of carbonyl (C=O) groups is 2. The van der Waals surface area contributed by atoms with E-state index < -0.39 is 0 Å². The second kappa shape index (κ2) is 9.91. The van der Waals surface area contributed by atoms with Gasteiger partial charge in [0, 0.05) is 29.1 Å². The minimum atomic E-state index is -0.349. The number of hydrogen-bond donors (Lipinski definition) is 0. The summed E-state index contributed by atoms with van der Waals surface area (Å²) in [5.74, 6) is -0.454. The van der Waals surface area contributed by atoms with Crippen LogP contribution in [0.1, 0.15) is 34.2 Å². The van der Waals surface area contributed by atoms with E-state index in [0.29, 0.717) is 27.3 Å².